The minimum Gasteiger partial charge on any atom is -0.481 e. The van der Waals surface area contributed by atoms with Crippen molar-refractivity contribution in [1.82, 2.24) is 0 Å². The van der Waals surface area contributed by atoms with Crippen LogP contribution in [0.15, 0.2) is 18.2 Å². The number of carbonyl (C=O) groups is 2. The molecule has 0 aromatic heterocycles. The van der Waals surface area contributed by atoms with Crippen LogP contribution in [0, 0.1) is 17.0 Å². The summed E-state index contributed by atoms with van der Waals surface area (Å²) in [5.74, 6) is -1.90. The molecule has 0 amide bonds. The maximum absolute atomic E-state index is 11.3. The van der Waals surface area contributed by atoms with E-state index in [2.05, 4.69) is 0 Å². The van der Waals surface area contributed by atoms with E-state index in [1.807, 2.05) is 0 Å². The SMILES string of the molecule is Cc1ccc(C(=O)CC(=O)O)cc1[N+](=O)[O-]. The molecule has 6 nitrogen and oxygen atoms in total. The minimum atomic E-state index is -1.26. The first kappa shape index (κ1) is 11.8. The van der Waals surface area contributed by atoms with Gasteiger partial charge in [-0.3, -0.25) is 19.7 Å². The van der Waals surface area contributed by atoms with E-state index in [-0.39, 0.29) is 11.3 Å². The van der Waals surface area contributed by atoms with Gasteiger partial charge in [-0.15, -0.1) is 0 Å². The van der Waals surface area contributed by atoms with Crippen LogP contribution < -0.4 is 0 Å². The Morgan fingerprint density at radius 3 is 2.56 bits per heavy atom. The van der Waals surface area contributed by atoms with Crippen LogP contribution in [-0.4, -0.2) is 21.8 Å². The second-order valence-electron chi connectivity index (χ2n) is 3.25. The summed E-state index contributed by atoms with van der Waals surface area (Å²) < 4.78 is 0. The van der Waals surface area contributed by atoms with E-state index in [1.165, 1.54) is 12.1 Å². The zero-order chi connectivity index (χ0) is 12.3. The van der Waals surface area contributed by atoms with Crippen LogP contribution in [0.1, 0.15) is 22.3 Å². The number of hydrogen-bond donors (Lipinski definition) is 1. The number of aryl methyl sites for hydroxylation is 1. The number of benzene rings is 1. The van der Waals surface area contributed by atoms with E-state index in [0.29, 0.717) is 5.56 Å². The van der Waals surface area contributed by atoms with E-state index in [1.54, 1.807) is 6.92 Å². The van der Waals surface area contributed by atoms with Gasteiger partial charge in [0.1, 0.15) is 6.42 Å². The molecule has 16 heavy (non-hydrogen) atoms. The number of nitro benzene ring substituents is 1. The molecule has 0 unspecified atom stereocenters. The molecule has 0 spiro atoms. The van der Waals surface area contributed by atoms with E-state index >= 15 is 0 Å². The molecule has 0 saturated heterocycles. The summed E-state index contributed by atoms with van der Waals surface area (Å²) in [5, 5.41) is 19.0. The first-order valence-corrected chi connectivity index (χ1v) is 4.42. The third kappa shape index (κ3) is 2.63. The quantitative estimate of drug-likeness (QED) is 0.361. The summed E-state index contributed by atoms with van der Waals surface area (Å²) in [6.07, 6.45) is -0.666. The zero-order valence-electron chi connectivity index (χ0n) is 8.47. The van der Waals surface area contributed by atoms with Crippen molar-refractivity contribution in [2.75, 3.05) is 0 Å². The first-order chi connectivity index (χ1) is 7.41. The second-order valence-corrected chi connectivity index (χ2v) is 3.25. The van der Waals surface area contributed by atoms with E-state index in [0.717, 1.165) is 6.07 Å². The summed E-state index contributed by atoms with van der Waals surface area (Å²) in [6.45, 7) is 1.55. The first-order valence-electron chi connectivity index (χ1n) is 4.42. The summed E-state index contributed by atoms with van der Waals surface area (Å²) in [4.78, 5) is 31.6. The van der Waals surface area contributed by atoms with Crippen molar-refractivity contribution in [3.63, 3.8) is 0 Å². The molecule has 0 aliphatic rings. The summed E-state index contributed by atoms with van der Waals surface area (Å²) in [5.41, 5.74) is 0.285. The number of aliphatic carboxylic acids is 1. The number of ketones is 1. The number of rotatable bonds is 4. The number of nitrogens with zero attached hydrogens (tertiary/aromatic N) is 1. The number of carbonyl (C=O) groups excluding carboxylic acids is 1. The van der Waals surface area contributed by atoms with Crippen LogP contribution in [-0.2, 0) is 4.79 Å². The molecule has 0 heterocycles. The smallest absolute Gasteiger partial charge is 0.311 e. The maximum Gasteiger partial charge on any atom is 0.311 e. The molecule has 0 bridgehead atoms. The van der Waals surface area contributed by atoms with E-state index < -0.39 is 23.1 Å². The van der Waals surface area contributed by atoms with Gasteiger partial charge in [0, 0.05) is 17.2 Å². The highest BCUT2D eigenvalue weighted by atomic mass is 16.6. The lowest BCUT2D eigenvalue weighted by atomic mass is 10.1. The molecular formula is C10H9NO5. The van der Waals surface area contributed by atoms with Gasteiger partial charge in [-0.1, -0.05) is 12.1 Å². The van der Waals surface area contributed by atoms with Crippen LogP contribution in [0.3, 0.4) is 0 Å². The molecule has 84 valence electrons. The fourth-order valence-electron chi connectivity index (χ4n) is 1.22. The summed E-state index contributed by atoms with van der Waals surface area (Å²) in [7, 11) is 0. The van der Waals surface area contributed by atoms with Crippen molar-refractivity contribution < 1.29 is 19.6 Å². The average molecular weight is 223 g/mol. The van der Waals surface area contributed by atoms with Crippen molar-refractivity contribution in [3.8, 4) is 0 Å². The number of hydrogen-bond acceptors (Lipinski definition) is 4. The molecule has 0 atom stereocenters. The van der Waals surface area contributed by atoms with Gasteiger partial charge in [0.15, 0.2) is 5.78 Å². The molecule has 6 heteroatoms. The highest BCUT2D eigenvalue weighted by Crippen LogP contribution is 2.19. The third-order valence-electron chi connectivity index (χ3n) is 2.04. The van der Waals surface area contributed by atoms with Crippen LogP contribution in [0.25, 0.3) is 0 Å². The fourth-order valence-corrected chi connectivity index (χ4v) is 1.22. The van der Waals surface area contributed by atoms with Crippen molar-refractivity contribution in [3.05, 3.63) is 39.4 Å². The Hall–Kier alpha value is -2.24. The second kappa shape index (κ2) is 4.52. The molecule has 1 aromatic carbocycles. The lowest BCUT2D eigenvalue weighted by molar-refractivity contribution is -0.385. The topological polar surface area (TPSA) is 97.5 Å². The van der Waals surface area contributed by atoms with Gasteiger partial charge in [-0.25, -0.2) is 0 Å². The fraction of sp³-hybridized carbons (Fsp3) is 0.200. The standard InChI is InChI=1S/C10H9NO5/c1-6-2-3-7(4-8(6)11(15)16)9(12)5-10(13)14/h2-4H,5H2,1H3,(H,13,14). The van der Waals surface area contributed by atoms with Crippen molar-refractivity contribution in [2.45, 2.75) is 13.3 Å². The summed E-state index contributed by atoms with van der Waals surface area (Å²) >= 11 is 0. The molecule has 0 aliphatic heterocycles. The van der Waals surface area contributed by atoms with Gasteiger partial charge in [-0.2, -0.15) is 0 Å². The Kier molecular flexibility index (Phi) is 3.34. The number of nitro groups is 1. The highest BCUT2D eigenvalue weighted by Gasteiger charge is 2.16. The predicted octanol–water partition coefficient (Wildman–Crippen LogP) is 1.56. The van der Waals surface area contributed by atoms with Gasteiger partial charge in [-0.05, 0) is 6.92 Å². The van der Waals surface area contributed by atoms with E-state index in [9.17, 15) is 19.7 Å². The van der Waals surface area contributed by atoms with Crippen LogP contribution in [0.2, 0.25) is 0 Å². The van der Waals surface area contributed by atoms with E-state index in [4.69, 9.17) is 5.11 Å². The Balaban J connectivity index is 3.08. The van der Waals surface area contributed by atoms with Gasteiger partial charge in [0.2, 0.25) is 0 Å². The van der Waals surface area contributed by atoms with Crippen molar-refractivity contribution in [1.29, 1.82) is 0 Å². The predicted molar refractivity (Wildman–Crippen MR) is 54.4 cm³/mol. The largest absolute Gasteiger partial charge is 0.481 e. The molecule has 1 N–H and O–H groups in total. The Morgan fingerprint density at radius 2 is 2.06 bits per heavy atom. The number of carboxylic acids is 1. The molecule has 1 rings (SSSR count). The van der Waals surface area contributed by atoms with Gasteiger partial charge in [0.25, 0.3) is 5.69 Å². The molecule has 0 saturated carbocycles. The molecular weight excluding hydrogens is 214 g/mol. The normalized spacial score (nSPS) is 9.81. The van der Waals surface area contributed by atoms with Crippen LogP contribution in [0.5, 0.6) is 0 Å². The molecule has 1 aromatic rings. The summed E-state index contributed by atoms with van der Waals surface area (Å²) in [6, 6.07) is 3.90. The monoisotopic (exact) mass is 223 g/mol. The van der Waals surface area contributed by atoms with Crippen LogP contribution in [0.4, 0.5) is 5.69 Å². The Labute approximate surface area is 90.7 Å². The van der Waals surface area contributed by atoms with Crippen molar-refractivity contribution in [2.24, 2.45) is 0 Å². The van der Waals surface area contributed by atoms with Gasteiger partial charge >= 0.3 is 5.97 Å². The lowest BCUT2D eigenvalue weighted by Gasteiger charge is -2.00. The number of carboxylic acid groups (broad SMARTS) is 1. The lowest BCUT2D eigenvalue weighted by Crippen LogP contribution is -2.07. The average Bonchev–Trinajstić information content (AvgIpc) is 2.16. The van der Waals surface area contributed by atoms with Gasteiger partial charge < -0.3 is 5.11 Å². The molecule has 0 aliphatic carbocycles. The van der Waals surface area contributed by atoms with Crippen molar-refractivity contribution >= 4 is 17.4 Å². The zero-order valence-corrected chi connectivity index (χ0v) is 8.47. The Bertz CT molecular complexity index is 466. The maximum atomic E-state index is 11.3. The molecule has 0 radical (unpaired) electrons. The number of Topliss-reactive ketones (excluding diaryl/α,β-unsaturated/α-hetero) is 1. The molecule has 0 fully saturated rings. The highest BCUT2D eigenvalue weighted by molar-refractivity contribution is 6.05. The minimum absolute atomic E-state index is 0.0414. The van der Waals surface area contributed by atoms with Gasteiger partial charge in [0.05, 0.1) is 4.92 Å². The van der Waals surface area contributed by atoms with Crippen LogP contribution >= 0.6 is 0 Å². The third-order valence-corrected chi connectivity index (χ3v) is 2.04. The Morgan fingerprint density at radius 1 is 1.44 bits per heavy atom.